The summed E-state index contributed by atoms with van der Waals surface area (Å²) in [7, 11) is 0. The van der Waals surface area contributed by atoms with E-state index in [1.165, 1.54) is 6.20 Å². The predicted molar refractivity (Wildman–Crippen MR) is 49.4 cm³/mol. The number of aryl methyl sites for hydroxylation is 1. The second kappa shape index (κ2) is 3.55. The van der Waals surface area contributed by atoms with E-state index in [0.29, 0.717) is 11.3 Å². The zero-order valence-electron chi connectivity index (χ0n) is 7.68. The zero-order valence-corrected chi connectivity index (χ0v) is 7.68. The molecule has 0 fully saturated rings. The van der Waals surface area contributed by atoms with Gasteiger partial charge in [-0.15, -0.1) is 0 Å². The zero-order chi connectivity index (χ0) is 9.97. The molecule has 0 amide bonds. The molecule has 1 atom stereocenters. The standard InChI is InChI=1S/C9H10N4O/c1-6-2-3-7(4-10-6)9(14)8-5-11-13-12-8/h2-5,9,14H,1H3,(H,11,12,13). The number of pyridine rings is 1. The number of hydrogen-bond donors (Lipinski definition) is 2. The van der Waals surface area contributed by atoms with Gasteiger partial charge in [-0.2, -0.15) is 15.4 Å². The lowest BCUT2D eigenvalue weighted by Gasteiger charge is -2.06. The molecule has 5 heteroatoms. The van der Waals surface area contributed by atoms with Gasteiger partial charge in [-0.1, -0.05) is 6.07 Å². The molecule has 5 nitrogen and oxygen atoms in total. The second-order valence-electron chi connectivity index (χ2n) is 3.03. The summed E-state index contributed by atoms with van der Waals surface area (Å²) in [6, 6.07) is 3.67. The molecule has 72 valence electrons. The average Bonchev–Trinajstić information content (AvgIpc) is 2.71. The van der Waals surface area contributed by atoms with E-state index in [-0.39, 0.29) is 0 Å². The van der Waals surface area contributed by atoms with Crippen LogP contribution in [-0.4, -0.2) is 25.5 Å². The van der Waals surface area contributed by atoms with Gasteiger partial charge >= 0.3 is 0 Å². The number of nitrogens with zero attached hydrogens (tertiary/aromatic N) is 3. The van der Waals surface area contributed by atoms with E-state index in [2.05, 4.69) is 20.4 Å². The Hall–Kier alpha value is -1.75. The van der Waals surface area contributed by atoms with Crippen LogP contribution in [0.15, 0.2) is 24.5 Å². The summed E-state index contributed by atoms with van der Waals surface area (Å²) >= 11 is 0. The van der Waals surface area contributed by atoms with Crippen molar-refractivity contribution in [3.05, 3.63) is 41.5 Å². The fraction of sp³-hybridized carbons (Fsp3) is 0.222. The van der Waals surface area contributed by atoms with E-state index in [1.54, 1.807) is 6.20 Å². The summed E-state index contributed by atoms with van der Waals surface area (Å²) in [6.07, 6.45) is 2.36. The van der Waals surface area contributed by atoms with Crippen LogP contribution < -0.4 is 0 Å². The van der Waals surface area contributed by atoms with Crippen LogP contribution in [0.25, 0.3) is 0 Å². The lowest BCUT2D eigenvalue weighted by Crippen LogP contribution is -2.00. The molecule has 2 rings (SSSR count). The number of aliphatic hydroxyl groups excluding tert-OH is 1. The van der Waals surface area contributed by atoms with Crippen LogP contribution in [0, 0.1) is 6.92 Å². The maximum atomic E-state index is 9.81. The molecule has 0 bridgehead atoms. The lowest BCUT2D eigenvalue weighted by atomic mass is 10.1. The van der Waals surface area contributed by atoms with Gasteiger partial charge in [0.05, 0.1) is 6.20 Å². The van der Waals surface area contributed by atoms with E-state index in [1.807, 2.05) is 19.1 Å². The van der Waals surface area contributed by atoms with Gasteiger partial charge in [0.15, 0.2) is 0 Å². The third-order valence-corrected chi connectivity index (χ3v) is 1.96. The lowest BCUT2D eigenvalue weighted by molar-refractivity contribution is 0.214. The van der Waals surface area contributed by atoms with Crippen molar-refractivity contribution in [1.29, 1.82) is 0 Å². The second-order valence-corrected chi connectivity index (χ2v) is 3.03. The highest BCUT2D eigenvalue weighted by Gasteiger charge is 2.12. The summed E-state index contributed by atoms with van der Waals surface area (Å²) in [5.74, 6) is 0. The maximum Gasteiger partial charge on any atom is 0.126 e. The van der Waals surface area contributed by atoms with Crippen LogP contribution in [0.4, 0.5) is 0 Å². The van der Waals surface area contributed by atoms with Gasteiger partial charge in [0, 0.05) is 17.5 Å². The normalized spacial score (nSPS) is 12.7. The third-order valence-electron chi connectivity index (χ3n) is 1.96. The number of nitrogens with one attached hydrogen (secondary N) is 1. The molecule has 0 aliphatic carbocycles. The van der Waals surface area contributed by atoms with Gasteiger partial charge in [0.1, 0.15) is 11.8 Å². The number of aromatic amines is 1. The van der Waals surface area contributed by atoms with E-state index >= 15 is 0 Å². The maximum absolute atomic E-state index is 9.81. The molecular weight excluding hydrogens is 180 g/mol. The van der Waals surface area contributed by atoms with Crippen molar-refractivity contribution >= 4 is 0 Å². The fourth-order valence-corrected chi connectivity index (χ4v) is 1.15. The summed E-state index contributed by atoms with van der Waals surface area (Å²) in [6.45, 7) is 1.90. The molecule has 2 aromatic rings. The number of rotatable bonds is 2. The molecule has 0 aliphatic heterocycles. The monoisotopic (exact) mass is 190 g/mol. The minimum atomic E-state index is -0.762. The quantitative estimate of drug-likeness (QED) is 0.726. The van der Waals surface area contributed by atoms with Crippen LogP contribution in [0.2, 0.25) is 0 Å². The van der Waals surface area contributed by atoms with Crippen molar-refractivity contribution in [2.75, 3.05) is 0 Å². The summed E-state index contributed by atoms with van der Waals surface area (Å²) < 4.78 is 0. The molecule has 2 heterocycles. The first-order chi connectivity index (χ1) is 6.77. The highest BCUT2D eigenvalue weighted by molar-refractivity contribution is 5.22. The first-order valence-electron chi connectivity index (χ1n) is 4.23. The highest BCUT2D eigenvalue weighted by Crippen LogP contribution is 2.17. The molecule has 14 heavy (non-hydrogen) atoms. The SMILES string of the molecule is Cc1ccc(C(O)c2cn[nH]n2)cn1. The molecule has 0 saturated carbocycles. The van der Waals surface area contributed by atoms with Gasteiger partial charge in [-0.25, -0.2) is 0 Å². The molecule has 0 saturated heterocycles. The molecule has 0 aromatic carbocycles. The van der Waals surface area contributed by atoms with Crippen molar-refractivity contribution in [2.45, 2.75) is 13.0 Å². The van der Waals surface area contributed by atoms with Gasteiger partial charge in [-0.3, -0.25) is 4.98 Å². The summed E-state index contributed by atoms with van der Waals surface area (Å²) in [4.78, 5) is 4.09. The number of aliphatic hydroxyl groups is 1. The largest absolute Gasteiger partial charge is 0.382 e. The summed E-state index contributed by atoms with van der Waals surface area (Å²) in [5, 5.41) is 19.7. The van der Waals surface area contributed by atoms with Crippen LogP contribution in [-0.2, 0) is 0 Å². The summed E-state index contributed by atoms with van der Waals surface area (Å²) in [5.41, 5.74) is 2.13. The van der Waals surface area contributed by atoms with Crippen molar-refractivity contribution in [1.82, 2.24) is 20.4 Å². The molecule has 0 radical (unpaired) electrons. The van der Waals surface area contributed by atoms with Crippen molar-refractivity contribution in [3.63, 3.8) is 0 Å². The Morgan fingerprint density at radius 3 is 2.79 bits per heavy atom. The Balaban J connectivity index is 2.28. The average molecular weight is 190 g/mol. The Kier molecular flexibility index (Phi) is 2.24. The smallest absolute Gasteiger partial charge is 0.126 e. The Bertz CT molecular complexity index is 395. The van der Waals surface area contributed by atoms with E-state index in [0.717, 1.165) is 5.69 Å². The van der Waals surface area contributed by atoms with E-state index in [4.69, 9.17) is 0 Å². The highest BCUT2D eigenvalue weighted by atomic mass is 16.3. The number of aromatic nitrogens is 4. The van der Waals surface area contributed by atoms with Crippen molar-refractivity contribution < 1.29 is 5.11 Å². The molecule has 0 aliphatic rings. The third kappa shape index (κ3) is 1.62. The van der Waals surface area contributed by atoms with Crippen LogP contribution in [0.5, 0.6) is 0 Å². The minimum absolute atomic E-state index is 0.496. The molecular formula is C9H10N4O. The minimum Gasteiger partial charge on any atom is -0.382 e. The Morgan fingerprint density at radius 2 is 2.21 bits per heavy atom. The molecule has 2 N–H and O–H groups in total. The van der Waals surface area contributed by atoms with Gasteiger partial charge in [0.2, 0.25) is 0 Å². The molecule has 0 spiro atoms. The molecule has 1 unspecified atom stereocenters. The van der Waals surface area contributed by atoms with Crippen molar-refractivity contribution in [2.24, 2.45) is 0 Å². The fourth-order valence-electron chi connectivity index (χ4n) is 1.15. The number of hydrogen-bond acceptors (Lipinski definition) is 4. The van der Waals surface area contributed by atoms with Crippen LogP contribution >= 0.6 is 0 Å². The first-order valence-corrected chi connectivity index (χ1v) is 4.23. The number of H-pyrrole nitrogens is 1. The molecule has 2 aromatic heterocycles. The van der Waals surface area contributed by atoms with E-state index in [9.17, 15) is 5.11 Å². The van der Waals surface area contributed by atoms with Crippen molar-refractivity contribution in [3.8, 4) is 0 Å². The van der Waals surface area contributed by atoms with E-state index < -0.39 is 6.10 Å². The van der Waals surface area contributed by atoms with Gasteiger partial charge in [0.25, 0.3) is 0 Å². The Labute approximate surface area is 80.8 Å². The van der Waals surface area contributed by atoms with Gasteiger partial charge < -0.3 is 5.11 Å². The van der Waals surface area contributed by atoms with Crippen LogP contribution in [0.1, 0.15) is 23.1 Å². The Morgan fingerprint density at radius 1 is 1.36 bits per heavy atom. The topological polar surface area (TPSA) is 74.7 Å². The predicted octanol–water partition coefficient (Wildman–Crippen LogP) is 0.590. The van der Waals surface area contributed by atoms with Gasteiger partial charge in [-0.05, 0) is 13.0 Å². The van der Waals surface area contributed by atoms with Crippen LogP contribution in [0.3, 0.4) is 0 Å². The first kappa shape index (κ1) is 8.83.